The van der Waals surface area contributed by atoms with Crippen LogP contribution in [0, 0.1) is 0 Å². The molecule has 0 spiro atoms. The summed E-state index contributed by atoms with van der Waals surface area (Å²) in [5.41, 5.74) is 2.71. The third-order valence-corrected chi connectivity index (χ3v) is 5.39. The van der Waals surface area contributed by atoms with Gasteiger partial charge < -0.3 is 19.4 Å². The molecule has 1 aliphatic rings. The van der Waals surface area contributed by atoms with Gasteiger partial charge in [-0.2, -0.15) is 5.10 Å². The summed E-state index contributed by atoms with van der Waals surface area (Å²) < 4.78 is 13.5. The monoisotopic (exact) mass is 416 g/mol. The molecule has 0 aliphatic heterocycles. The normalized spacial score (nSPS) is 13.2. The van der Waals surface area contributed by atoms with Crippen LogP contribution in [0.2, 0.25) is 5.02 Å². The van der Waals surface area contributed by atoms with Gasteiger partial charge in [-0.25, -0.2) is 4.52 Å². The Bertz CT molecular complexity index is 1150. The molecule has 3 aromatic rings. The second kappa shape index (κ2) is 7.79. The van der Waals surface area contributed by atoms with E-state index in [9.17, 15) is 9.59 Å². The van der Waals surface area contributed by atoms with Gasteiger partial charge >= 0.3 is 0 Å². The Labute approximate surface area is 172 Å². The Morgan fingerprint density at radius 1 is 1.17 bits per heavy atom. The fourth-order valence-corrected chi connectivity index (χ4v) is 3.92. The Morgan fingerprint density at radius 3 is 2.69 bits per heavy atom. The third-order valence-electron chi connectivity index (χ3n) is 5.10. The van der Waals surface area contributed by atoms with Gasteiger partial charge in [-0.1, -0.05) is 11.6 Å². The van der Waals surface area contributed by atoms with E-state index >= 15 is 0 Å². The summed E-state index contributed by atoms with van der Waals surface area (Å²) in [5.74, 6) is 0.477. The van der Waals surface area contributed by atoms with Gasteiger partial charge in [0.1, 0.15) is 23.6 Å². The van der Waals surface area contributed by atoms with Crippen molar-refractivity contribution >= 4 is 28.7 Å². The zero-order valence-electron chi connectivity index (χ0n) is 16.2. The van der Waals surface area contributed by atoms with E-state index in [4.69, 9.17) is 21.1 Å². The molecule has 9 heteroatoms. The molecule has 0 saturated carbocycles. The topological polar surface area (TPSA) is 86.9 Å². The Balaban J connectivity index is 1.61. The van der Waals surface area contributed by atoms with E-state index in [0.29, 0.717) is 27.7 Å². The van der Waals surface area contributed by atoms with Crippen LogP contribution in [0.1, 0.15) is 24.1 Å². The highest BCUT2D eigenvalue weighted by Gasteiger charge is 2.20. The first-order chi connectivity index (χ1) is 14.0. The first-order valence-electron chi connectivity index (χ1n) is 9.32. The summed E-state index contributed by atoms with van der Waals surface area (Å²) in [6.45, 7) is -0.137. The number of anilines is 1. The molecular formula is C20H21ClN4O4. The molecule has 0 fully saturated rings. The third kappa shape index (κ3) is 3.55. The number of fused-ring (bicyclic) bond motifs is 3. The maximum absolute atomic E-state index is 13.0. The Kier molecular flexibility index (Phi) is 5.19. The second-order valence-corrected chi connectivity index (χ2v) is 7.30. The molecule has 1 amide bonds. The molecule has 0 radical (unpaired) electrons. The summed E-state index contributed by atoms with van der Waals surface area (Å²) in [5, 5.41) is 7.60. The fourth-order valence-electron chi connectivity index (χ4n) is 3.68. The van der Waals surface area contributed by atoms with Gasteiger partial charge in [0.25, 0.3) is 5.56 Å². The van der Waals surface area contributed by atoms with Crippen molar-refractivity contribution in [1.82, 2.24) is 14.2 Å². The smallest absolute Gasteiger partial charge is 0.277 e. The van der Waals surface area contributed by atoms with Crippen molar-refractivity contribution < 1.29 is 14.3 Å². The SMILES string of the molecule is COc1cc(OC)c(NC(=O)Cn2ccn3nc4c(c3c2=O)CCCC4)cc1Cl. The van der Waals surface area contributed by atoms with Crippen molar-refractivity contribution in [2.24, 2.45) is 0 Å². The number of nitrogens with zero attached hydrogens (tertiary/aromatic N) is 3. The van der Waals surface area contributed by atoms with Gasteiger partial charge in [-0.05, 0) is 31.7 Å². The number of hydrogen-bond donors (Lipinski definition) is 1. The molecule has 2 aromatic heterocycles. The van der Waals surface area contributed by atoms with Crippen LogP contribution in [-0.4, -0.2) is 34.3 Å². The van der Waals surface area contributed by atoms with E-state index in [0.717, 1.165) is 36.9 Å². The van der Waals surface area contributed by atoms with Gasteiger partial charge in [0.05, 0.1) is 30.6 Å². The average molecular weight is 417 g/mol. The fraction of sp³-hybridized carbons (Fsp3) is 0.350. The molecule has 152 valence electrons. The number of benzene rings is 1. The highest BCUT2D eigenvalue weighted by Crippen LogP contribution is 2.35. The number of hydrogen-bond acceptors (Lipinski definition) is 5. The molecular weight excluding hydrogens is 396 g/mol. The predicted molar refractivity (Wildman–Crippen MR) is 109 cm³/mol. The van der Waals surface area contributed by atoms with E-state index in [1.807, 2.05) is 0 Å². The number of halogens is 1. The number of aromatic nitrogens is 3. The number of amides is 1. The molecule has 4 rings (SSSR count). The second-order valence-electron chi connectivity index (χ2n) is 6.89. The zero-order chi connectivity index (χ0) is 20.5. The van der Waals surface area contributed by atoms with Crippen molar-refractivity contribution in [3.8, 4) is 11.5 Å². The lowest BCUT2D eigenvalue weighted by atomic mass is 9.97. The summed E-state index contributed by atoms with van der Waals surface area (Å²) >= 11 is 6.15. The number of ether oxygens (including phenoxy) is 2. The minimum Gasteiger partial charge on any atom is -0.495 e. The van der Waals surface area contributed by atoms with E-state index in [1.165, 1.54) is 18.8 Å². The maximum Gasteiger partial charge on any atom is 0.277 e. The van der Waals surface area contributed by atoms with Crippen LogP contribution >= 0.6 is 11.6 Å². The molecule has 0 bridgehead atoms. The van der Waals surface area contributed by atoms with Gasteiger partial charge in [-0.3, -0.25) is 9.59 Å². The molecule has 0 unspecified atom stereocenters. The molecule has 0 atom stereocenters. The molecule has 2 heterocycles. The first kappa shape index (κ1) is 19.3. The van der Waals surface area contributed by atoms with Crippen LogP contribution in [0.4, 0.5) is 5.69 Å². The van der Waals surface area contributed by atoms with Crippen molar-refractivity contribution in [2.75, 3.05) is 19.5 Å². The molecule has 1 N–H and O–H groups in total. The van der Waals surface area contributed by atoms with Crippen LogP contribution in [0.15, 0.2) is 29.3 Å². The average Bonchev–Trinajstić information content (AvgIpc) is 3.09. The van der Waals surface area contributed by atoms with E-state index in [2.05, 4.69) is 10.4 Å². The van der Waals surface area contributed by atoms with E-state index < -0.39 is 0 Å². The molecule has 8 nitrogen and oxygen atoms in total. The van der Waals surface area contributed by atoms with Crippen molar-refractivity contribution in [3.63, 3.8) is 0 Å². The van der Waals surface area contributed by atoms with Gasteiger partial charge in [0.15, 0.2) is 0 Å². The first-order valence-corrected chi connectivity index (χ1v) is 9.70. The van der Waals surface area contributed by atoms with E-state index in [1.54, 1.807) is 29.0 Å². The molecule has 1 aromatic carbocycles. The van der Waals surface area contributed by atoms with Crippen LogP contribution in [-0.2, 0) is 24.2 Å². The van der Waals surface area contributed by atoms with Crippen molar-refractivity contribution in [3.05, 3.63) is 51.2 Å². The molecule has 0 saturated heterocycles. The number of methoxy groups -OCH3 is 2. The number of aryl methyl sites for hydroxylation is 2. The lowest BCUT2D eigenvalue weighted by Gasteiger charge is -2.14. The molecule has 29 heavy (non-hydrogen) atoms. The van der Waals surface area contributed by atoms with Crippen LogP contribution in [0.5, 0.6) is 11.5 Å². The Hall–Kier alpha value is -3.00. The highest BCUT2D eigenvalue weighted by molar-refractivity contribution is 6.32. The summed E-state index contributed by atoms with van der Waals surface area (Å²) in [6, 6.07) is 3.14. The Morgan fingerprint density at radius 2 is 1.93 bits per heavy atom. The van der Waals surface area contributed by atoms with Gasteiger partial charge in [0.2, 0.25) is 5.91 Å². The van der Waals surface area contributed by atoms with Crippen LogP contribution in [0.25, 0.3) is 5.52 Å². The van der Waals surface area contributed by atoms with Crippen LogP contribution < -0.4 is 20.3 Å². The minimum absolute atomic E-state index is 0.137. The summed E-state index contributed by atoms with van der Waals surface area (Å²) in [6.07, 6.45) is 7.14. The zero-order valence-corrected chi connectivity index (χ0v) is 17.0. The maximum atomic E-state index is 13.0. The number of carbonyl (C=O) groups excluding carboxylic acids is 1. The number of carbonyl (C=O) groups is 1. The lowest BCUT2D eigenvalue weighted by molar-refractivity contribution is -0.116. The predicted octanol–water partition coefficient (Wildman–Crippen LogP) is 2.68. The standard InChI is InChI=1S/C20H21ClN4O4/c1-28-16-10-17(29-2)15(9-13(16)21)22-18(26)11-24-7-8-25-19(20(24)27)12-5-3-4-6-14(12)23-25/h7-10H,3-6,11H2,1-2H3,(H,22,26). The molecule has 1 aliphatic carbocycles. The van der Waals surface area contributed by atoms with Crippen molar-refractivity contribution in [2.45, 2.75) is 32.2 Å². The highest BCUT2D eigenvalue weighted by atomic mass is 35.5. The minimum atomic E-state index is -0.371. The number of nitrogens with one attached hydrogen (secondary N) is 1. The van der Waals surface area contributed by atoms with Crippen molar-refractivity contribution in [1.29, 1.82) is 0 Å². The van der Waals surface area contributed by atoms with E-state index in [-0.39, 0.29) is 18.0 Å². The van der Waals surface area contributed by atoms with Gasteiger partial charge in [-0.15, -0.1) is 0 Å². The quantitative estimate of drug-likeness (QED) is 0.691. The van der Waals surface area contributed by atoms with Gasteiger partial charge in [0, 0.05) is 24.0 Å². The number of rotatable bonds is 5. The lowest BCUT2D eigenvalue weighted by Crippen LogP contribution is -2.28. The summed E-state index contributed by atoms with van der Waals surface area (Å²) in [7, 11) is 2.98. The largest absolute Gasteiger partial charge is 0.495 e. The van der Waals surface area contributed by atoms with Crippen LogP contribution in [0.3, 0.4) is 0 Å². The summed E-state index contributed by atoms with van der Waals surface area (Å²) in [4.78, 5) is 25.6.